The normalized spacial score (nSPS) is 10.0. The van der Waals surface area contributed by atoms with E-state index in [0.29, 0.717) is 0 Å². The predicted molar refractivity (Wildman–Crippen MR) is 94.7 cm³/mol. The van der Waals surface area contributed by atoms with Gasteiger partial charge in [-0.05, 0) is 28.7 Å². The molecule has 4 heteroatoms. The van der Waals surface area contributed by atoms with Crippen molar-refractivity contribution < 1.29 is 0 Å². The third kappa shape index (κ3) is 4.47. The molecule has 0 radical (unpaired) electrons. The Morgan fingerprint density at radius 2 is 1.68 bits per heavy atom. The molecule has 1 heterocycles. The third-order valence-corrected chi connectivity index (χ3v) is 4.33. The maximum Gasteiger partial charge on any atom is 0.155 e. The van der Waals surface area contributed by atoms with Crippen LogP contribution in [0, 0.1) is 0 Å². The second kappa shape index (κ2) is 7.87. The highest BCUT2D eigenvalue weighted by Gasteiger charge is 2.04. The average Bonchev–Trinajstić information content (AvgIpc) is 2.83. The highest BCUT2D eigenvalue weighted by molar-refractivity contribution is 14.1. The van der Waals surface area contributed by atoms with Crippen LogP contribution in [0.5, 0.6) is 0 Å². The number of benzene rings is 2. The van der Waals surface area contributed by atoms with E-state index in [4.69, 9.17) is 0 Å². The first-order valence-electron chi connectivity index (χ1n) is 5.98. The van der Waals surface area contributed by atoms with Crippen molar-refractivity contribution in [3.8, 4) is 0 Å². The number of hydrogen-bond acceptors (Lipinski definition) is 3. The Morgan fingerprint density at radius 3 is 2.37 bits per heavy atom. The molecule has 0 aliphatic rings. The number of nitrogens with zero attached hydrogens (tertiary/aromatic N) is 1. The zero-order valence-corrected chi connectivity index (χ0v) is 14.3. The van der Waals surface area contributed by atoms with Crippen LogP contribution >= 0.6 is 45.7 Å². The summed E-state index contributed by atoms with van der Waals surface area (Å²) in [4.78, 5) is 5.83. The molecule has 0 spiro atoms. The molecule has 0 amide bonds. The van der Waals surface area contributed by atoms with Crippen LogP contribution in [-0.2, 0) is 0 Å². The fourth-order valence-electron chi connectivity index (χ4n) is 1.48. The van der Waals surface area contributed by atoms with Crippen molar-refractivity contribution >= 4 is 55.9 Å². The Bertz CT molecular complexity index is 589. The summed E-state index contributed by atoms with van der Waals surface area (Å²) < 4.78 is 3.57. The number of thiazole rings is 1. The van der Waals surface area contributed by atoms with Gasteiger partial charge in [-0.3, -0.25) is 0 Å². The molecule has 0 aliphatic carbocycles. The summed E-state index contributed by atoms with van der Waals surface area (Å²) in [5.41, 5.74) is 1.09. The molecule has 1 nitrogen and oxygen atoms in total. The highest BCUT2D eigenvalue weighted by atomic mass is 127. The number of para-hydroxylation sites is 1. The van der Waals surface area contributed by atoms with Gasteiger partial charge in [-0.2, -0.15) is 0 Å². The molecule has 3 aromatic rings. The number of aromatic nitrogens is 1. The van der Waals surface area contributed by atoms with Crippen LogP contribution in [0.3, 0.4) is 0 Å². The molecule has 0 saturated carbocycles. The van der Waals surface area contributed by atoms with E-state index in [1.807, 2.05) is 12.1 Å². The molecule has 0 saturated heterocycles. The largest absolute Gasteiger partial charge is 0.229 e. The van der Waals surface area contributed by atoms with Gasteiger partial charge in [0.2, 0.25) is 0 Å². The molecular formula is C15H14INS2. The minimum absolute atomic E-state index is 1.09. The molecule has 19 heavy (non-hydrogen) atoms. The van der Waals surface area contributed by atoms with E-state index in [9.17, 15) is 0 Å². The number of rotatable bonds is 2. The highest BCUT2D eigenvalue weighted by Crippen LogP contribution is 2.33. The summed E-state index contributed by atoms with van der Waals surface area (Å²) in [7, 11) is 0. The first kappa shape index (κ1) is 14.8. The minimum Gasteiger partial charge on any atom is -0.229 e. The van der Waals surface area contributed by atoms with Gasteiger partial charge in [0, 0.05) is 4.90 Å². The van der Waals surface area contributed by atoms with Crippen LogP contribution in [-0.4, -0.2) is 9.41 Å². The Hall–Kier alpha value is -0.590. The standard InChI is InChI=1S/C13H9NS2.C2H5I/c1-2-6-10(7-3-1)15-13-14-11-8-4-5-9-12(11)16-13;1-2-3/h1-9H;2H2,1H3. The monoisotopic (exact) mass is 399 g/mol. The molecule has 3 rings (SSSR count). The van der Waals surface area contributed by atoms with E-state index >= 15 is 0 Å². The van der Waals surface area contributed by atoms with Crippen molar-refractivity contribution in [1.82, 2.24) is 4.98 Å². The van der Waals surface area contributed by atoms with Crippen LogP contribution in [0.4, 0.5) is 0 Å². The van der Waals surface area contributed by atoms with Gasteiger partial charge >= 0.3 is 0 Å². The predicted octanol–water partition coefficient (Wildman–Crippen LogP) is 5.89. The Labute approximate surface area is 135 Å². The number of fused-ring (bicyclic) bond motifs is 1. The van der Waals surface area contributed by atoms with E-state index < -0.39 is 0 Å². The van der Waals surface area contributed by atoms with Gasteiger partial charge in [-0.25, -0.2) is 4.98 Å². The number of alkyl halides is 1. The maximum absolute atomic E-state index is 4.59. The second-order valence-corrected chi connectivity index (χ2v) is 7.51. The van der Waals surface area contributed by atoms with E-state index in [-0.39, 0.29) is 0 Å². The van der Waals surface area contributed by atoms with Crippen LogP contribution in [0.2, 0.25) is 0 Å². The van der Waals surface area contributed by atoms with Crippen molar-refractivity contribution in [1.29, 1.82) is 0 Å². The Balaban J connectivity index is 0.000000408. The fraction of sp³-hybridized carbons (Fsp3) is 0.133. The smallest absolute Gasteiger partial charge is 0.155 e. The lowest BCUT2D eigenvalue weighted by Crippen LogP contribution is -1.70. The van der Waals surface area contributed by atoms with E-state index in [1.165, 1.54) is 14.0 Å². The zero-order chi connectivity index (χ0) is 13.5. The van der Waals surface area contributed by atoms with Crippen molar-refractivity contribution in [2.75, 3.05) is 4.43 Å². The summed E-state index contributed by atoms with van der Waals surface area (Å²) >= 11 is 5.75. The number of halogens is 1. The summed E-state index contributed by atoms with van der Waals surface area (Å²) in [6, 6.07) is 18.6. The molecule has 0 fully saturated rings. The summed E-state index contributed by atoms with van der Waals surface area (Å²) in [5.74, 6) is 0. The molecule has 0 aliphatic heterocycles. The molecule has 98 valence electrons. The van der Waals surface area contributed by atoms with Crippen molar-refractivity contribution in [2.45, 2.75) is 16.2 Å². The van der Waals surface area contributed by atoms with Gasteiger partial charge in [0.05, 0.1) is 10.2 Å². The van der Waals surface area contributed by atoms with Crippen LogP contribution in [0.25, 0.3) is 10.2 Å². The first-order chi connectivity index (χ1) is 9.33. The van der Waals surface area contributed by atoms with Gasteiger partial charge < -0.3 is 0 Å². The molecule has 2 aromatic carbocycles. The zero-order valence-electron chi connectivity index (χ0n) is 10.5. The average molecular weight is 399 g/mol. The molecule has 0 unspecified atom stereocenters. The lowest BCUT2D eigenvalue weighted by atomic mass is 10.3. The Kier molecular flexibility index (Phi) is 6.13. The van der Waals surface area contributed by atoms with Gasteiger partial charge in [0.1, 0.15) is 0 Å². The van der Waals surface area contributed by atoms with E-state index in [2.05, 4.69) is 77.0 Å². The lowest BCUT2D eigenvalue weighted by molar-refractivity contribution is 1.29. The Morgan fingerprint density at radius 1 is 1.05 bits per heavy atom. The summed E-state index contributed by atoms with van der Waals surface area (Å²) in [6.45, 7) is 2.11. The van der Waals surface area contributed by atoms with Crippen LogP contribution < -0.4 is 0 Å². The first-order valence-corrected chi connectivity index (χ1v) is 9.13. The topological polar surface area (TPSA) is 12.9 Å². The van der Waals surface area contributed by atoms with Gasteiger partial charge in [-0.1, -0.05) is 71.6 Å². The van der Waals surface area contributed by atoms with Crippen molar-refractivity contribution in [3.05, 3.63) is 54.6 Å². The van der Waals surface area contributed by atoms with E-state index in [1.54, 1.807) is 23.1 Å². The minimum atomic E-state index is 1.09. The fourth-order valence-corrected chi connectivity index (χ4v) is 3.54. The SMILES string of the molecule is CCI.c1ccc(Sc2nc3ccccc3s2)cc1. The quantitative estimate of drug-likeness (QED) is 0.394. The third-order valence-electron chi connectivity index (χ3n) is 2.22. The number of hydrogen-bond donors (Lipinski definition) is 0. The molecular weight excluding hydrogens is 385 g/mol. The maximum atomic E-state index is 4.59. The molecule has 1 aromatic heterocycles. The van der Waals surface area contributed by atoms with Crippen LogP contribution in [0.15, 0.2) is 63.8 Å². The van der Waals surface area contributed by atoms with Crippen molar-refractivity contribution in [2.24, 2.45) is 0 Å². The molecule has 0 bridgehead atoms. The summed E-state index contributed by atoms with van der Waals surface area (Å²) in [6.07, 6.45) is 0. The summed E-state index contributed by atoms with van der Waals surface area (Å²) in [5, 5.41) is 0. The van der Waals surface area contributed by atoms with Crippen molar-refractivity contribution in [3.63, 3.8) is 0 Å². The second-order valence-electron chi connectivity index (χ2n) is 3.63. The van der Waals surface area contributed by atoms with Gasteiger partial charge in [0.25, 0.3) is 0 Å². The van der Waals surface area contributed by atoms with Gasteiger partial charge in [-0.15, -0.1) is 11.3 Å². The van der Waals surface area contributed by atoms with E-state index in [0.717, 1.165) is 9.86 Å². The molecule has 0 N–H and O–H groups in total. The lowest BCUT2D eigenvalue weighted by Gasteiger charge is -1.94. The van der Waals surface area contributed by atoms with Crippen LogP contribution in [0.1, 0.15) is 6.92 Å². The van der Waals surface area contributed by atoms with Gasteiger partial charge in [0.15, 0.2) is 4.34 Å². The molecule has 0 atom stereocenters.